The predicted molar refractivity (Wildman–Crippen MR) is 338 cm³/mol. The molecule has 19 nitrogen and oxygen atoms in total. The van der Waals surface area contributed by atoms with E-state index in [-0.39, 0.29) is 72.9 Å². The predicted octanol–water partition coefficient (Wildman–Crippen LogP) is 10.6. The number of likely N-dealkylation sites (N-methyl/N-ethyl adjacent to an activating group) is 1. The number of carboxylic acid groups (broad SMARTS) is 1. The molecule has 480 valence electrons. The number of rotatable bonds is 31. The first kappa shape index (κ1) is 69.8. The average molecular weight is 1240 g/mol. The zero-order valence-corrected chi connectivity index (χ0v) is 54.2. The van der Waals surface area contributed by atoms with Gasteiger partial charge in [-0.15, -0.1) is 11.3 Å². The van der Waals surface area contributed by atoms with Crippen LogP contribution in [0.5, 0.6) is 0 Å². The first-order chi connectivity index (χ1) is 41.7. The lowest BCUT2D eigenvalue weighted by Crippen LogP contribution is -2.59. The maximum Gasteiger partial charge on any atom is 0.407 e. The number of hydrogen-bond acceptors (Lipinski definition) is 13. The third-order valence-electron chi connectivity index (χ3n) is 17.1. The molecule has 88 heavy (non-hydrogen) atoms. The Kier molecular flexibility index (Phi) is 25.6. The fourth-order valence-electron chi connectivity index (χ4n) is 11.7. The number of amides is 6. The number of hydrogen-bond donors (Lipinski definition) is 6. The van der Waals surface area contributed by atoms with Crippen LogP contribution in [0.3, 0.4) is 0 Å². The van der Waals surface area contributed by atoms with Crippen molar-refractivity contribution in [2.75, 3.05) is 32.1 Å². The number of aliphatic carboxylic acids is 1. The van der Waals surface area contributed by atoms with Gasteiger partial charge in [-0.05, 0) is 124 Å². The molecule has 0 bridgehead atoms. The van der Waals surface area contributed by atoms with E-state index in [9.17, 15) is 38.7 Å². The van der Waals surface area contributed by atoms with Crippen molar-refractivity contribution < 1.29 is 57.3 Å². The zero-order valence-electron chi connectivity index (χ0n) is 53.3. The van der Waals surface area contributed by atoms with E-state index in [1.54, 1.807) is 13.8 Å². The number of nitrogens with one attached hydrogen (secondary N) is 5. The molecule has 1 saturated heterocycles. The highest BCUT2D eigenvalue weighted by atomic mass is 32.1. The van der Waals surface area contributed by atoms with Crippen molar-refractivity contribution in [2.45, 2.75) is 195 Å². The van der Waals surface area contributed by atoms with Crippen molar-refractivity contribution in [2.24, 2.45) is 23.2 Å². The van der Waals surface area contributed by atoms with Gasteiger partial charge in [0.25, 0.3) is 5.91 Å². The number of fused-ring (bicyclic) bond motifs is 3. The van der Waals surface area contributed by atoms with Gasteiger partial charge in [0.05, 0.1) is 17.1 Å². The number of aromatic nitrogens is 1. The number of esters is 1. The van der Waals surface area contributed by atoms with Crippen molar-refractivity contribution in [3.8, 4) is 11.1 Å². The molecule has 6 rings (SSSR count). The maximum atomic E-state index is 16.0. The van der Waals surface area contributed by atoms with Crippen LogP contribution >= 0.6 is 11.3 Å². The number of alkyl carbamates (subject to hydrolysis) is 1. The minimum absolute atomic E-state index is 0.0331. The highest BCUT2D eigenvalue weighted by molar-refractivity contribution is 7.09. The average Bonchev–Trinajstić information content (AvgIpc) is 1.74. The molecule has 3 aromatic carbocycles. The topological polar surface area (TPSA) is 255 Å². The number of carbonyl (C=O) groups is 8. The second kappa shape index (κ2) is 32.3. The molecule has 4 aromatic rings. The van der Waals surface area contributed by atoms with Gasteiger partial charge in [0, 0.05) is 43.3 Å². The molecule has 21 heteroatoms. The Bertz CT molecular complexity index is 3030. The molecule has 6 amide bonds. The third-order valence-corrected chi connectivity index (χ3v) is 18.0. The largest absolute Gasteiger partial charge is 0.481 e. The second-order valence-corrected chi connectivity index (χ2v) is 26.1. The Labute approximate surface area is 522 Å². The van der Waals surface area contributed by atoms with E-state index >= 15 is 9.18 Å². The van der Waals surface area contributed by atoms with E-state index in [4.69, 9.17) is 9.47 Å². The summed E-state index contributed by atoms with van der Waals surface area (Å²) in [6.45, 7) is 20.5. The quantitative estimate of drug-likeness (QED) is 0.0203. The van der Waals surface area contributed by atoms with Gasteiger partial charge in [-0.3, -0.25) is 38.5 Å². The number of ether oxygens (including phenoxy) is 2. The standard InChI is InChI=1S/C67H93FN8O11S/c1-13-15-16-22-32-76(64(82)58(41(7)14-2)73-61(80)54-28-21-23-31-75(54)12)55(39(3)4)35-56(87-43(9)77)63-72-53(38-88-63)60(79)70-45(36-67(10,11)65(83)84)33-44-29-30-52(51(68)34-44)71-59(78)42(8)69-62(81)57(40(5)6)74-66(85)86-37-50-48-26-19-17-24-46(48)47-25-18-20-27-49(47)50/h17-20,24-27,29-30,34,38-42,45,50,54-58H,13-16,21-23,28,31-33,35-37H2,1-12H3,(H,69,81)(H,70,79)(H,71,78)(H,73,80)(H,74,85)(H,83,84)/t41-,42-,45-,54+,55+,56+,57-,58-/m0/s1. The zero-order chi connectivity index (χ0) is 64.6. The molecular weight excluding hydrogens is 1140 g/mol. The van der Waals surface area contributed by atoms with Gasteiger partial charge in [-0.2, -0.15) is 0 Å². The maximum absolute atomic E-state index is 16.0. The third kappa shape index (κ3) is 18.6. The lowest BCUT2D eigenvalue weighted by Gasteiger charge is -2.40. The van der Waals surface area contributed by atoms with Gasteiger partial charge in [0.15, 0.2) is 6.10 Å². The van der Waals surface area contributed by atoms with Crippen molar-refractivity contribution >= 4 is 64.6 Å². The van der Waals surface area contributed by atoms with Gasteiger partial charge in [0.2, 0.25) is 23.6 Å². The van der Waals surface area contributed by atoms with E-state index in [0.29, 0.717) is 30.0 Å². The summed E-state index contributed by atoms with van der Waals surface area (Å²) >= 11 is 1.10. The van der Waals surface area contributed by atoms with Crippen LogP contribution < -0.4 is 26.6 Å². The molecule has 1 aliphatic heterocycles. The van der Waals surface area contributed by atoms with Crippen LogP contribution in [-0.2, 0) is 44.7 Å². The van der Waals surface area contributed by atoms with Gasteiger partial charge in [-0.1, -0.05) is 135 Å². The Morgan fingerprint density at radius 1 is 0.830 bits per heavy atom. The minimum Gasteiger partial charge on any atom is -0.481 e. The fourth-order valence-corrected chi connectivity index (χ4v) is 12.5. The van der Waals surface area contributed by atoms with Crippen LogP contribution in [0.15, 0.2) is 72.1 Å². The van der Waals surface area contributed by atoms with Crippen LogP contribution in [0.2, 0.25) is 0 Å². The lowest BCUT2D eigenvalue weighted by molar-refractivity contribution is -0.150. The first-order valence-electron chi connectivity index (χ1n) is 31.2. The summed E-state index contributed by atoms with van der Waals surface area (Å²) in [6, 6.07) is 15.1. The highest BCUT2D eigenvalue weighted by Gasteiger charge is 2.40. The first-order valence-corrected chi connectivity index (χ1v) is 32.1. The number of likely N-dealkylation sites (tertiary alicyclic amines) is 1. The molecule has 2 aliphatic rings. The molecule has 0 radical (unpaired) electrons. The summed E-state index contributed by atoms with van der Waals surface area (Å²) in [5.74, 6) is -5.93. The molecular formula is C67H93FN8O11S. The highest BCUT2D eigenvalue weighted by Crippen LogP contribution is 2.44. The molecule has 1 fully saturated rings. The van der Waals surface area contributed by atoms with Gasteiger partial charge >= 0.3 is 18.0 Å². The van der Waals surface area contributed by atoms with Crippen molar-refractivity contribution in [1.29, 1.82) is 0 Å². The Morgan fingerprint density at radius 2 is 1.50 bits per heavy atom. The van der Waals surface area contributed by atoms with Crippen molar-refractivity contribution in [3.63, 3.8) is 0 Å². The van der Waals surface area contributed by atoms with Crippen LogP contribution in [0.1, 0.15) is 185 Å². The summed E-state index contributed by atoms with van der Waals surface area (Å²) in [4.78, 5) is 117. The molecule has 6 N–H and O–H groups in total. The second-order valence-electron chi connectivity index (χ2n) is 25.2. The lowest BCUT2D eigenvalue weighted by atomic mass is 9.84. The summed E-state index contributed by atoms with van der Waals surface area (Å²) in [6.07, 6.45) is 5.09. The Morgan fingerprint density at radius 3 is 2.09 bits per heavy atom. The van der Waals surface area contributed by atoms with Crippen molar-refractivity contribution in [1.82, 2.24) is 36.1 Å². The van der Waals surface area contributed by atoms with Crippen LogP contribution in [0.4, 0.5) is 14.9 Å². The van der Waals surface area contributed by atoms with Gasteiger partial charge in [0.1, 0.15) is 41.3 Å². The molecule has 0 unspecified atom stereocenters. The summed E-state index contributed by atoms with van der Waals surface area (Å²) in [5, 5.41) is 25.9. The number of thiazole rings is 1. The number of unbranched alkanes of at least 4 members (excludes halogenated alkanes) is 3. The molecule has 0 spiro atoms. The number of halogens is 1. The van der Waals surface area contributed by atoms with E-state index in [2.05, 4.69) is 38.5 Å². The summed E-state index contributed by atoms with van der Waals surface area (Å²) in [5.41, 5.74) is 2.97. The summed E-state index contributed by atoms with van der Waals surface area (Å²) < 4.78 is 27.6. The smallest absolute Gasteiger partial charge is 0.407 e. The van der Waals surface area contributed by atoms with Crippen LogP contribution in [0, 0.1) is 29.0 Å². The van der Waals surface area contributed by atoms with E-state index in [0.717, 1.165) is 78.7 Å². The number of anilines is 1. The number of carboxylic acids is 1. The van der Waals surface area contributed by atoms with E-state index < -0.39 is 89.2 Å². The molecule has 8 atom stereocenters. The molecule has 1 aliphatic carbocycles. The number of piperidine rings is 1. The number of nitrogens with zero attached hydrogens (tertiary/aromatic N) is 3. The minimum atomic E-state index is -1.35. The fraction of sp³-hybridized carbons (Fsp3) is 0.567. The van der Waals surface area contributed by atoms with Gasteiger partial charge < -0.3 is 46.1 Å². The van der Waals surface area contributed by atoms with Crippen LogP contribution in [-0.4, -0.2) is 130 Å². The normalized spacial score (nSPS) is 16.6. The molecule has 2 heterocycles. The number of benzene rings is 3. The summed E-state index contributed by atoms with van der Waals surface area (Å²) in [7, 11) is 1.93. The van der Waals surface area contributed by atoms with Crippen LogP contribution in [0.25, 0.3) is 11.1 Å². The van der Waals surface area contributed by atoms with Crippen molar-refractivity contribution in [3.05, 3.63) is 105 Å². The Balaban J connectivity index is 1.12. The van der Waals surface area contributed by atoms with Gasteiger partial charge in [-0.25, -0.2) is 14.2 Å². The number of carbonyl (C=O) groups excluding carboxylic acids is 7. The molecule has 1 aromatic heterocycles. The van der Waals surface area contributed by atoms with E-state index in [1.165, 1.54) is 51.3 Å². The monoisotopic (exact) mass is 1240 g/mol. The Hall–Kier alpha value is -7.26. The van der Waals surface area contributed by atoms with E-state index in [1.807, 2.05) is 93.1 Å². The molecule has 0 saturated carbocycles. The SMILES string of the molecule is CCCCCCN(C(=O)[C@@H](NC(=O)[C@H]1CCCCN1C)[C@@H](C)CC)[C@H](C[C@@H](OC(C)=O)c1nc(C(=O)N[C@@H](Cc2ccc(NC(=O)[C@H](C)NC(=O)[C@@H](NC(=O)OCC3c4ccccc4-c4ccccc43)C(C)C)c(F)c2)CC(C)(C)C(=O)O)cs1)C(C)C.